The van der Waals surface area contributed by atoms with Crippen molar-refractivity contribution in [2.24, 2.45) is 5.73 Å². The molecule has 1 aliphatic heterocycles. The van der Waals surface area contributed by atoms with Gasteiger partial charge in [-0.1, -0.05) is 44.0 Å². The Labute approximate surface area is 201 Å². The molecule has 0 radical (unpaired) electrons. The number of benzene rings is 2. The van der Waals surface area contributed by atoms with Gasteiger partial charge in [0.25, 0.3) is 0 Å². The van der Waals surface area contributed by atoms with Gasteiger partial charge in [0, 0.05) is 18.2 Å². The minimum atomic E-state index is 0.657. The number of nitrogens with one attached hydrogen (secondary N) is 1. The number of nitrogens with two attached hydrogens (primary N) is 1. The molecule has 2 aromatic rings. The summed E-state index contributed by atoms with van der Waals surface area (Å²) in [5.41, 5.74) is 12.3. The number of hydrogen-bond acceptors (Lipinski definition) is 4. The minimum Gasteiger partial charge on any atom is -0.493 e. The predicted molar refractivity (Wildman–Crippen MR) is 141 cm³/mol. The van der Waals surface area contributed by atoms with Crippen molar-refractivity contribution in [3.8, 4) is 16.9 Å². The Hall–Kier alpha value is -1.88. The van der Waals surface area contributed by atoms with Crippen LogP contribution in [0.2, 0.25) is 0 Å². The van der Waals surface area contributed by atoms with Crippen LogP contribution < -0.4 is 15.8 Å². The second-order valence-corrected chi connectivity index (χ2v) is 9.62. The highest BCUT2D eigenvalue weighted by Gasteiger charge is 2.17. The molecule has 0 aliphatic carbocycles. The lowest BCUT2D eigenvalue weighted by molar-refractivity contribution is 0.159. The van der Waals surface area contributed by atoms with Crippen LogP contribution in [0.1, 0.15) is 69.1 Å². The van der Waals surface area contributed by atoms with Gasteiger partial charge in [0.1, 0.15) is 5.75 Å². The molecule has 4 heteroatoms. The van der Waals surface area contributed by atoms with E-state index in [0.717, 1.165) is 37.7 Å². The number of piperidine rings is 1. The first-order chi connectivity index (χ1) is 16.1. The van der Waals surface area contributed by atoms with E-state index in [-0.39, 0.29) is 0 Å². The summed E-state index contributed by atoms with van der Waals surface area (Å²) in [6.07, 6.45) is 8.45. The maximum atomic E-state index is 6.09. The zero-order valence-corrected chi connectivity index (χ0v) is 21.2. The average Bonchev–Trinajstić information content (AvgIpc) is 2.82. The van der Waals surface area contributed by atoms with E-state index < -0.39 is 0 Å². The molecule has 1 saturated heterocycles. The molecule has 0 spiro atoms. The maximum Gasteiger partial charge on any atom is 0.123 e. The Morgan fingerprint density at radius 3 is 2.61 bits per heavy atom. The quantitative estimate of drug-likeness (QED) is 0.384. The topological polar surface area (TPSA) is 50.5 Å². The number of likely N-dealkylation sites (tertiary alicyclic amines) is 1. The van der Waals surface area contributed by atoms with E-state index >= 15 is 0 Å². The van der Waals surface area contributed by atoms with Crippen LogP contribution >= 0.6 is 0 Å². The van der Waals surface area contributed by atoms with Gasteiger partial charge in [-0.05, 0) is 107 Å². The van der Waals surface area contributed by atoms with E-state index in [4.69, 9.17) is 10.5 Å². The predicted octanol–water partition coefficient (Wildman–Crippen LogP) is 5.70. The van der Waals surface area contributed by atoms with E-state index in [1.807, 2.05) is 0 Å². The van der Waals surface area contributed by atoms with Crippen molar-refractivity contribution in [2.45, 2.75) is 78.3 Å². The van der Waals surface area contributed by atoms with Crippen LogP contribution in [0.5, 0.6) is 5.75 Å². The van der Waals surface area contributed by atoms with E-state index in [9.17, 15) is 0 Å². The van der Waals surface area contributed by atoms with Crippen molar-refractivity contribution in [3.05, 3.63) is 53.1 Å². The highest BCUT2D eigenvalue weighted by atomic mass is 16.5. The van der Waals surface area contributed by atoms with Gasteiger partial charge in [0.2, 0.25) is 0 Å². The number of rotatable bonds is 13. The SMILES string of the molecule is CCCc1cc(-c2ccc(OCCCN)c(CNCCCN3CCCCC3C)c2)ccc1C. The molecule has 1 aliphatic rings. The van der Waals surface area contributed by atoms with Crippen LogP contribution in [0.25, 0.3) is 11.1 Å². The van der Waals surface area contributed by atoms with Gasteiger partial charge in [0.15, 0.2) is 0 Å². The molecule has 1 unspecified atom stereocenters. The summed E-state index contributed by atoms with van der Waals surface area (Å²) in [7, 11) is 0. The van der Waals surface area contributed by atoms with Crippen LogP contribution in [0.15, 0.2) is 36.4 Å². The van der Waals surface area contributed by atoms with Crippen LogP contribution in [-0.2, 0) is 13.0 Å². The molecule has 0 bridgehead atoms. The zero-order valence-electron chi connectivity index (χ0n) is 21.2. The van der Waals surface area contributed by atoms with E-state index in [2.05, 4.69) is 67.4 Å². The molecule has 0 amide bonds. The van der Waals surface area contributed by atoms with Gasteiger partial charge in [-0.25, -0.2) is 0 Å². The highest BCUT2D eigenvalue weighted by molar-refractivity contribution is 5.67. The Morgan fingerprint density at radius 1 is 1.06 bits per heavy atom. The molecule has 0 aromatic heterocycles. The number of nitrogens with zero attached hydrogens (tertiary/aromatic N) is 1. The molecule has 1 fully saturated rings. The summed E-state index contributed by atoms with van der Waals surface area (Å²) in [6, 6.07) is 14.2. The lowest BCUT2D eigenvalue weighted by Gasteiger charge is -2.33. The fourth-order valence-corrected chi connectivity index (χ4v) is 4.81. The van der Waals surface area contributed by atoms with Crippen molar-refractivity contribution < 1.29 is 4.74 Å². The smallest absolute Gasteiger partial charge is 0.123 e. The molecule has 0 saturated carbocycles. The van der Waals surface area contributed by atoms with Crippen molar-refractivity contribution in [1.82, 2.24) is 10.2 Å². The summed E-state index contributed by atoms with van der Waals surface area (Å²) in [5, 5.41) is 3.68. The van der Waals surface area contributed by atoms with Crippen molar-refractivity contribution in [2.75, 3.05) is 32.8 Å². The monoisotopic (exact) mass is 451 g/mol. The number of hydrogen-bond donors (Lipinski definition) is 2. The number of ether oxygens (including phenoxy) is 1. The van der Waals surface area contributed by atoms with Gasteiger partial charge in [-0.15, -0.1) is 0 Å². The van der Waals surface area contributed by atoms with E-state index in [1.54, 1.807) is 0 Å². The standard InChI is InChI=1S/C29H45N3O/c1-4-9-25-20-26(12-11-23(25)2)27-13-14-29(33-19-7-15-30)28(21-27)22-31-16-8-18-32-17-6-5-10-24(32)3/h11-14,20-21,24,31H,4-10,15-19,22,30H2,1-3H3. The third-order valence-corrected chi connectivity index (χ3v) is 6.92. The van der Waals surface area contributed by atoms with E-state index in [1.165, 1.54) is 73.0 Å². The molecular formula is C29H45N3O. The largest absolute Gasteiger partial charge is 0.493 e. The van der Waals surface area contributed by atoms with Crippen LogP contribution in [-0.4, -0.2) is 43.7 Å². The first-order valence-corrected chi connectivity index (χ1v) is 13.1. The van der Waals surface area contributed by atoms with Gasteiger partial charge in [-0.3, -0.25) is 0 Å². The number of aryl methyl sites for hydroxylation is 2. The summed E-state index contributed by atoms with van der Waals surface area (Å²) in [5.74, 6) is 0.977. The van der Waals surface area contributed by atoms with Crippen LogP contribution in [0.4, 0.5) is 0 Å². The summed E-state index contributed by atoms with van der Waals surface area (Å²) < 4.78 is 6.09. The second-order valence-electron chi connectivity index (χ2n) is 9.62. The third kappa shape index (κ3) is 7.84. The van der Waals surface area contributed by atoms with Gasteiger partial charge < -0.3 is 20.7 Å². The third-order valence-electron chi connectivity index (χ3n) is 6.92. The summed E-state index contributed by atoms with van der Waals surface area (Å²) in [4.78, 5) is 2.65. The molecule has 3 rings (SSSR count). The second kappa shape index (κ2) is 13.7. The van der Waals surface area contributed by atoms with Crippen molar-refractivity contribution in [1.29, 1.82) is 0 Å². The molecule has 33 heavy (non-hydrogen) atoms. The van der Waals surface area contributed by atoms with Gasteiger partial charge in [0.05, 0.1) is 6.61 Å². The first kappa shape index (κ1) is 25.7. The Bertz CT molecular complexity index is 851. The Morgan fingerprint density at radius 2 is 1.85 bits per heavy atom. The molecular weight excluding hydrogens is 406 g/mol. The molecule has 1 atom stereocenters. The van der Waals surface area contributed by atoms with Gasteiger partial charge in [-0.2, -0.15) is 0 Å². The van der Waals surface area contributed by atoms with Crippen LogP contribution in [0.3, 0.4) is 0 Å². The zero-order chi connectivity index (χ0) is 23.5. The lowest BCUT2D eigenvalue weighted by Crippen LogP contribution is -2.38. The lowest BCUT2D eigenvalue weighted by atomic mass is 9.96. The maximum absolute atomic E-state index is 6.09. The average molecular weight is 452 g/mol. The van der Waals surface area contributed by atoms with Crippen LogP contribution in [0, 0.1) is 6.92 Å². The minimum absolute atomic E-state index is 0.657. The van der Waals surface area contributed by atoms with Crippen molar-refractivity contribution in [3.63, 3.8) is 0 Å². The highest BCUT2D eigenvalue weighted by Crippen LogP contribution is 2.29. The Balaban J connectivity index is 1.65. The van der Waals surface area contributed by atoms with Gasteiger partial charge >= 0.3 is 0 Å². The molecule has 2 aromatic carbocycles. The van der Waals surface area contributed by atoms with Crippen molar-refractivity contribution >= 4 is 0 Å². The summed E-state index contributed by atoms with van der Waals surface area (Å²) >= 11 is 0. The molecule has 3 N–H and O–H groups in total. The molecule has 4 nitrogen and oxygen atoms in total. The first-order valence-electron chi connectivity index (χ1n) is 13.1. The Kier molecular flexibility index (Phi) is 10.7. The molecule has 1 heterocycles. The fourth-order valence-electron chi connectivity index (χ4n) is 4.81. The normalized spacial score (nSPS) is 16.8. The summed E-state index contributed by atoms with van der Waals surface area (Å²) in [6.45, 7) is 12.5. The van der Waals surface area contributed by atoms with E-state index in [0.29, 0.717) is 13.2 Å². The molecule has 182 valence electrons. The fraction of sp³-hybridized carbons (Fsp3) is 0.586.